The maximum atomic E-state index is 5.97. The Hall–Kier alpha value is -2.18. The molecule has 6 heteroatoms. The van der Waals surface area contributed by atoms with Crippen molar-refractivity contribution in [3.05, 3.63) is 48.0 Å². The molecule has 0 spiro atoms. The lowest BCUT2D eigenvalue weighted by Gasteiger charge is -2.17. The highest BCUT2D eigenvalue weighted by Crippen LogP contribution is 2.33. The topological polar surface area (TPSA) is 56.9 Å². The van der Waals surface area contributed by atoms with Crippen LogP contribution in [-0.4, -0.2) is 32.5 Å². The van der Waals surface area contributed by atoms with Gasteiger partial charge in [0.05, 0.1) is 29.9 Å². The minimum atomic E-state index is 0.147. The first-order chi connectivity index (χ1) is 12.3. The third kappa shape index (κ3) is 3.19. The highest BCUT2D eigenvalue weighted by molar-refractivity contribution is 5.75. The first-order valence-electron chi connectivity index (χ1n) is 9.01. The van der Waals surface area contributed by atoms with E-state index in [0.29, 0.717) is 5.92 Å². The summed E-state index contributed by atoms with van der Waals surface area (Å²) in [7, 11) is 2.08. The second-order valence-corrected chi connectivity index (χ2v) is 6.68. The average Bonchev–Trinajstić information content (AvgIpc) is 3.35. The van der Waals surface area contributed by atoms with Gasteiger partial charge in [-0.25, -0.2) is 4.98 Å². The Bertz CT molecular complexity index is 852. The highest BCUT2D eigenvalue weighted by Gasteiger charge is 2.30. The smallest absolute Gasteiger partial charge is 0.123 e. The summed E-state index contributed by atoms with van der Waals surface area (Å²) in [6.45, 7) is 5.50. The lowest BCUT2D eigenvalue weighted by Crippen LogP contribution is -2.25. The molecule has 0 bridgehead atoms. The molecule has 25 heavy (non-hydrogen) atoms. The molecule has 6 nitrogen and oxygen atoms in total. The molecular formula is C19H25N5O. The van der Waals surface area contributed by atoms with E-state index >= 15 is 0 Å². The average molecular weight is 339 g/mol. The molecule has 3 heterocycles. The summed E-state index contributed by atoms with van der Waals surface area (Å²) in [4.78, 5) is 4.72. The van der Waals surface area contributed by atoms with Crippen LogP contribution in [0.15, 0.2) is 36.7 Å². The lowest BCUT2D eigenvalue weighted by atomic mass is 9.97. The van der Waals surface area contributed by atoms with Gasteiger partial charge in [0.1, 0.15) is 5.82 Å². The predicted molar refractivity (Wildman–Crippen MR) is 97.1 cm³/mol. The fraction of sp³-hybridized carbons (Fsp3) is 0.474. The molecule has 2 atom stereocenters. The molecule has 1 N–H and O–H groups in total. The van der Waals surface area contributed by atoms with E-state index in [9.17, 15) is 0 Å². The van der Waals surface area contributed by atoms with Gasteiger partial charge in [-0.1, -0.05) is 12.1 Å². The van der Waals surface area contributed by atoms with E-state index in [0.717, 1.165) is 44.0 Å². The van der Waals surface area contributed by atoms with Crippen LogP contribution in [0.2, 0.25) is 0 Å². The fourth-order valence-electron chi connectivity index (χ4n) is 3.63. The van der Waals surface area contributed by atoms with Crippen molar-refractivity contribution in [1.29, 1.82) is 0 Å². The molecule has 0 amide bonds. The van der Waals surface area contributed by atoms with Crippen LogP contribution in [0.4, 0.5) is 0 Å². The molecule has 4 rings (SSSR count). The number of benzene rings is 1. The number of fused-ring (bicyclic) bond motifs is 1. The Morgan fingerprint density at radius 1 is 1.32 bits per heavy atom. The van der Waals surface area contributed by atoms with Crippen molar-refractivity contribution in [3.63, 3.8) is 0 Å². The van der Waals surface area contributed by atoms with Crippen molar-refractivity contribution in [3.8, 4) is 0 Å². The van der Waals surface area contributed by atoms with Gasteiger partial charge in [0.15, 0.2) is 0 Å². The van der Waals surface area contributed by atoms with Gasteiger partial charge in [0.25, 0.3) is 0 Å². The normalized spacial score (nSPS) is 20.6. The van der Waals surface area contributed by atoms with Gasteiger partial charge < -0.3 is 14.6 Å². The number of nitrogens with zero attached hydrogens (tertiary/aromatic N) is 4. The van der Waals surface area contributed by atoms with Gasteiger partial charge in [-0.2, -0.15) is 5.10 Å². The molecule has 0 radical (unpaired) electrons. The van der Waals surface area contributed by atoms with Crippen LogP contribution in [0, 0.1) is 5.92 Å². The van der Waals surface area contributed by atoms with Gasteiger partial charge in [0, 0.05) is 44.4 Å². The summed E-state index contributed by atoms with van der Waals surface area (Å²) < 4.78 is 10.1. The van der Waals surface area contributed by atoms with Crippen molar-refractivity contribution in [1.82, 2.24) is 24.6 Å². The number of aryl methyl sites for hydroxylation is 2. The van der Waals surface area contributed by atoms with Gasteiger partial charge in [-0.3, -0.25) is 4.68 Å². The molecule has 1 saturated heterocycles. The summed E-state index contributed by atoms with van der Waals surface area (Å²) in [6.07, 6.45) is 5.28. The maximum absolute atomic E-state index is 5.97. The Balaban J connectivity index is 1.39. The number of hydrogen-bond donors (Lipinski definition) is 1. The van der Waals surface area contributed by atoms with Crippen LogP contribution < -0.4 is 5.32 Å². The van der Waals surface area contributed by atoms with Crippen LogP contribution in [-0.2, 0) is 24.9 Å². The standard InChI is InChI=1S/C19H25N5O/c1-3-24-13-15(11-21-24)19-14(8-9-25-19)10-20-12-18-22-16-6-4-5-7-17(16)23(18)2/h4-7,11,13-14,19-20H,3,8-10,12H2,1-2H3. The van der Waals surface area contributed by atoms with Crippen molar-refractivity contribution in [2.75, 3.05) is 13.2 Å². The summed E-state index contributed by atoms with van der Waals surface area (Å²) in [6, 6.07) is 8.25. The van der Waals surface area contributed by atoms with Crippen LogP contribution >= 0.6 is 0 Å². The Labute approximate surface area is 147 Å². The third-order valence-corrected chi connectivity index (χ3v) is 5.09. The van der Waals surface area contributed by atoms with Crippen molar-refractivity contribution in [2.24, 2.45) is 13.0 Å². The van der Waals surface area contributed by atoms with E-state index in [-0.39, 0.29) is 6.10 Å². The number of hydrogen-bond acceptors (Lipinski definition) is 4. The van der Waals surface area contributed by atoms with Crippen LogP contribution in [0.25, 0.3) is 11.0 Å². The minimum Gasteiger partial charge on any atom is -0.373 e. The molecule has 3 aromatic rings. The van der Waals surface area contributed by atoms with Crippen molar-refractivity contribution < 1.29 is 4.74 Å². The van der Waals surface area contributed by atoms with Gasteiger partial charge >= 0.3 is 0 Å². The molecule has 1 fully saturated rings. The quantitative estimate of drug-likeness (QED) is 0.750. The summed E-state index contributed by atoms with van der Waals surface area (Å²) in [5, 5.41) is 7.96. The number of para-hydroxylation sites is 2. The monoisotopic (exact) mass is 339 g/mol. The molecule has 0 saturated carbocycles. The number of aromatic nitrogens is 4. The Morgan fingerprint density at radius 3 is 3.00 bits per heavy atom. The van der Waals surface area contributed by atoms with Gasteiger partial charge in [-0.05, 0) is 25.5 Å². The first kappa shape index (κ1) is 16.3. The Kier molecular flexibility index (Phi) is 4.55. The summed E-state index contributed by atoms with van der Waals surface area (Å²) >= 11 is 0. The van der Waals surface area contributed by atoms with Crippen LogP contribution in [0.3, 0.4) is 0 Å². The minimum absolute atomic E-state index is 0.147. The molecule has 2 unspecified atom stereocenters. The first-order valence-corrected chi connectivity index (χ1v) is 9.01. The molecule has 2 aromatic heterocycles. The maximum Gasteiger partial charge on any atom is 0.123 e. The zero-order valence-corrected chi connectivity index (χ0v) is 14.9. The van der Waals surface area contributed by atoms with E-state index < -0.39 is 0 Å². The van der Waals surface area contributed by atoms with E-state index in [2.05, 4.69) is 53.3 Å². The zero-order valence-electron chi connectivity index (χ0n) is 14.9. The molecule has 1 aliphatic rings. The predicted octanol–water partition coefficient (Wildman–Crippen LogP) is 2.66. The molecule has 1 aromatic carbocycles. The van der Waals surface area contributed by atoms with Crippen LogP contribution in [0.1, 0.15) is 30.8 Å². The largest absolute Gasteiger partial charge is 0.373 e. The van der Waals surface area contributed by atoms with Gasteiger partial charge in [0.2, 0.25) is 0 Å². The van der Waals surface area contributed by atoms with E-state index in [1.807, 2.05) is 16.9 Å². The van der Waals surface area contributed by atoms with E-state index in [1.54, 1.807) is 0 Å². The summed E-state index contributed by atoms with van der Waals surface area (Å²) in [5.41, 5.74) is 3.41. The molecular weight excluding hydrogens is 314 g/mol. The number of ether oxygens (including phenoxy) is 1. The zero-order chi connectivity index (χ0) is 17.2. The van der Waals surface area contributed by atoms with Gasteiger partial charge in [-0.15, -0.1) is 0 Å². The SMILES string of the molecule is CCn1cc(C2OCCC2CNCc2nc3ccccc3n2C)cn1. The number of nitrogens with one attached hydrogen (secondary N) is 1. The van der Waals surface area contributed by atoms with E-state index in [1.165, 1.54) is 11.1 Å². The summed E-state index contributed by atoms with van der Waals surface area (Å²) in [5.74, 6) is 1.54. The second kappa shape index (κ2) is 6.98. The number of rotatable bonds is 6. The number of imidazole rings is 1. The van der Waals surface area contributed by atoms with Crippen molar-refractivity contribution >= 4 is 11.0 Å². The molecule has 1 aliphatic heterocycles. The van der Waals surface area contributed by atoms with Crippen LogP contribution in [0.5, 0.6) is 0 Å². The van der Waals surface area contributed by atoms with E-state index in [4.69, 9.17) is 9.72 Å². The molecule has 132 valence electrons. The second-order valence-electron chi connectivity index (χ2n) is 6.68. The fourth-order valence-corrected chi connectivity index (χ4v) is 3.63. The van der Waals surface area contributed by atoms with Crippen molar-refractivity contribution in [2.45, 2.75) is 32.5 Å². The molecule has 0 aliphatic carbocycles. The Morgan fingerprint density at radius 2 is 2.20 bits per heavy atom. The lowest BCUT2D eigenvalue weighted by molar-refractivity contribution is 0.0903. The third-order valence-electron chi connectivity index (χ3n) is 5.09. The highest BCUT2D eigenvalue weighted by atomic mass is 16.5.